The first-order chi connectivity index (χ1) is 17.8. The highest BCUT2D eigenvalue weighted by atomic mass is 16.5. The van der Waals surface area contributed by atoms with Crippen LogP contribution in [0.2, 0.25) is 0 Å². The van der Waals surface area contributed by atoms with Gasteiger partial charge in [-0.2, -0.15) is 15.6 Å². The second-order valence-electron chi connectivity index (χ2n) is 10.1. The number of amides is 1. The van der Waals surface area contributed by atoms with Gasteiger partial charge < -0.3 is 14.5 Å². The van der Waals surface area contributed by atoms with Gasteiger partial charge in [0.05, 0.1) is 23.9 Å². The van der Waals surface area contributed by atoms with Crippen LogP contribution in [-0.2, 0) is 23.2 Å². The third-order valence-electron chi connectivity index (χ3n) is 7.77. The van der Waals surface area contributed by atoms with Crippen molar-refractivity contribution in [2.75, 3.05) is 25.1 Å². The summed E-state index contributed by atoms with van der Waals surface area (Å²) in [5.41, 5.74) is 2.76. The molecule has 3 heterocycles. The number of methoxy groups -OCH3 is 1. The van der Waals surface area contributed by atoms with Crippen LogP contribution < -0.4 is 4.90 Å². The highest BCUT2D eigenvalue weighted by molar-refractivity contribution is 6.01. The van der Waals surface area contributed by atoms with Gasteiger partial charge in [0.15, 0.2) is 0 Å². The number of benzene rings is 1. The van der Waals surface area contributed by atoms with Crippen molar-refractivity contribution in [1.82, 2.24) is 24.6 Å². The van der Waals surface area contributed by atoms with Crippen LogP contribution in [0, 0.1) is 28.1 Å². The van der Waals surface area contributed by atoms with Crippen molar-refractivity contribution >= 4 is 22.6 Å². The maximum atomic E-state index is 13.4. The Hall–Kier alpha value is -4.02. The molecule has 0 bridgehead atoms. The average Bonchev–Trinajstić information content (AvgIpc) is 3.25. The third kappa shape index (κ3) is 3.98. The summed E-state index contributed by atoms with van der Waals surface area (Å²) < 4.78 is 7.07. The molecule has 5 rings (SSSR count). The van der Waals surface area contributed by atoms with Gasteiger partial charge in [0.1, 0.15) is 29.3 Å². The van der Waals surface area contributed by atoms with E-state index in [4.69, 9.17) is 9.72 Å². The lowest BCUT2D eigenvalue weighted by Crippen LogP contribution is -2.61. The van der Waals surface area contributed by atoms with Gasteiger partial charge in [0, 0.05) is 56.3 Å². The van der Waals surface area contributed by atoms with E-state index in [1.807, 2.05) is 24.0 Å². The van der Waals surface area contributed by atoms with Gasteiger partial charge in [-0.25, -0.2) is 9.97 Å². The summed E-state index contributed by atoms with van der Waals surface area (Å²) >= 11 is 0. The molecule has 37 heavy (non-hydrogen) atoms. The van der Waals surface area contributed by atoms with Crippen LogP contribution in [0.4, 0.5) is 5.82 Å². The van der Waals surface area contributed by atoms with E-state index < -0.39 is 5.41 Å². The molecule has 2 fully saturated rings. The molecule has 190 valence electrons. The molecular weight excluding hydrogens is 468 g/mol. The Balaban J connectivity index is 1.56. The molecule has 1 amide bonds. The molecular formula is C27H30N8O2. The standard InChI is InChI=1S/C27H30N8O2/c1-17-13-35(26(36)27(15-29)8-5-9-27)18(2)12-34(17)25-23-19(14-37-4)6-7-21(24(23)30-16-31-25)22-10-20(11-28)33(3)32-22/h6-7,10,16-18H,5,8-9,12-14H2,1-4H3/t17-,18+/m0/s1. The van der Waals surface area contributed by atoms with Gasteiger partial charge in [-0.3, -0.25) is 9.48 Å². The number of aryl methyl sites for hydroxylation is 1. The van der Waals surface area contributed by atoms with E-state index in [2.05, 4.69) is 34.0 Å². The SMILES string of the molecule is COCc1ccc(-c2cc(C#N)n(C)n2)c2ncnc(N3C[C@@H](C)N(C(=O)C4(C#N)CCC4)C[C@@H]3C)c12. The van der Waals surface area contributed by atoms with Crippen molar-refractivity contribution < 1.29 is 9.53 Å². The number of carbonyl (C=O) groups is 1. The topological polar surface area (TPSA) is 124 Å². The summed E-state index contributed by atoms with van der Waals surface area (Å²) in [5, 5.41) is 24.5. The van der Waals surface area contributed by atoms with E-state index in [1.54, 1.807) is 31.2 Å². The Morgan fingerprint density at radius 1 is 1.19 bits per heavy atom. The number of nitrogens with zero attached hydrogens (tertiary/aromatic N) is 8. The second kappa shape index (κ2) is 9.45. The summed E-state index contributed by atoms with van der Waals surface area (Å²) in [6, 6.07) is 10.1. The van der Waals surface area contributed by atoms with Crippen LogP contribution in [0.25, 0.3) is 22.2 Å². The number of rotatable bonds is 5. The molecule has 1 aliphatic heterocycles. The predicted octanol–water partition coefficient (Wildman–Crippen LogP) is 3.17. The van der Waals surface area contributed by atoms with E-state index in [1.165, 1.54) is 0 Å². The van der Waals surface area contributed by atoms with Gasteiger partial charge in [0.2, 0.25) is 5.91 Å². The maximum absolute atomic E-state index is 13.4. The largest absolute Gasteiger partial charge is 0.380 e. The van der Waals surface area contributed by atoms with Crippen molar-refractivity contribution in [2.45, 2.75) is 51.8 Å². The number of piperazine rings is 1. The molecule has 0 radical (unpaired) electrons. The smallest absolute Gasteiger partial charge is 0.243 e. The van der Waals surface area contributed by atoms with Crippen LogP contribution >= 0.6 is 0 Å². The summed E-state index contributed by atoms with van der Waals surface area (Å²) in [6.07, 6.45) is 3.77. The first-order valence-electron chi connectivity index (χ1n) is 12.5. The molecule has 0 unspecified atom stereocenters. The molecule has 2 aromatic heterocycles. The molecule has 10 nitrogen and oxygen atoms in total. The minimum Gasteiger partial charge on any atom is -0.380 e. The molecule has 1 aromatic carbocycles. The van der Waals surface area contributed by atoms with Crippen LogP contribution in [-0.4, -0.2) is 62.8 Å². The van der Waals surface area contributed by atoms with E-state index in [9.17, 15) is 15.3 Å². The number of aromatic nitrogens is 4. The van der Waals surface area contributed by atoms with E-state index in [0.29, 0.717) is 43.9 Å². The van der Waals surface area contributed by atoms with E-state index in [0.717, 1.165) is 34.3 Å². The number of hydrogen-bond donors (Lipinski definition) is 0. The Bertz CT molecular complexity index is 1450. The number of fused-ring (bicyclic) bond motifs is 1. The summed E-state index contributed by atoms with van der Waals surface area (Å²) in [6.45, 7) is 5.59. The number of carbonyl (C=O) groups excluding carboxylic acids is 1. The second-order valence-corrected chi connectivity index (χ2v) is 10.1. The lowest BCUT2D eigenvalue weighted by molar-refractivity contribution is -0.146. The van der Waals surface area contributed by atoms with Crippen molar-refractivity contribution in [2.24, 2.45) is 12.5 Å². The first kappa shape index (κ1) is 24.7. The van der Waals surface area contributed by atoms with Crippen molar-refractivity contribution in [3.8, 4) is 23.4 Å². The third-order valence-corrected chi connectivity index (χ3v) is 7.77. The zero-order chi connectivity index (χ0) is 26.3. The van der Waals surface area contributed by atoms with E-state index >= 15 is 0 Å². The van der Waals surface area contributed by atoms with Gasteiger partial charge in [-0.15, -0.1) is 0 Å². The zero-order valence-electron chi connectivity index (χ0n) is 21.6. The van der Waals surface area contributed by atoms with Gasteiger partial charge in [0.25, 0.3) is 0 Å². The van der Waals surface area contributed by atoms with Crippen LogP contribution in [0.5, 0.6) is 0 Å². The molecule has 2 atom stereocenters. The van der Waals surface area contributed by atoms with E-state index in [-0.39, 0.29) is 18.0 Å². The van der Waals surface area contributed by atoms with Crippen LogP contribution in [0.1, 0.15) is 44.4 Å². The lowest BCUT2D eigenvalue weighted by atomic mass is 9.68. The average molecular weight is 499 g/mol. The van der Waals surface area contributed by atoms with Crippen molar-refractivity contribution in [1.29, 1.82) is 10.5 Å². The number of nitriles is 2. The molecule has 2 aliphatic rings. The van der Waals surface area contributed by atoms with Crippen LogP contribution in [0.3, 0.4) is 0 Å². The first-order valence-corrected chi connectivity index (χ1v) is 12.5. The minimum absolute atomic E-state index is 0.0202. The highest BCUT2D eigenvalue weighted by Gasteiger charge is 2.49. The molecule has 1 saturated heterocycles. The molecule has 0 N–H and O–H groups in total. The molecule has 1 aliphatic carbocycles. The lowest BCUT2D eigenvalue weighted by Gasteiger charge is -2.48. The molecule has 0 spiro atoms. The van der Waals surface area contributed by atoms with Crippen LogP contribution in [0.15, 0.2) is 24.5 Å². The monoisotopic (exact) mass is 498 g/mol. The number of hydrogen-bond acceptors (Lipinski definition) is 8. The number of ether oxygens (including phenoxy) is 1. The zero-order valence-corrected chi connectivity index (χ0v) is 21.6. The van der Waals surface area contributed by atoms with Gasteiger partial charge in [-0.1, -0.05) is 12.1 Å². The van der Waals surface area contributed by atoms with Crippen molar-refractivity contribution in [3.63, 3.8) is 0 Å². The Morgan fingerprint density at radius 2 is 1.97 bits per heavy atom. The fraction of sp³-hybridized carbons (Fsp3) is 0.481. The molecule has 10 heteroatoms. The highest BCUT2D eigenvalue weighted by Crippen LogP contribution is 2.43. The Labute approximate surface area is 216 Å². The summed E-state index contributed by atoms with van der Waals surface area (Å²) in [4.78, 5) is 26.8. The molecule has 1 saturated carbocycles. The Kier molecular flexibility index (Phi) is 6.30. The normalized spacial score (nSPS) is 20.8. The summed E-state index contributed by atoms with van der Waals surface area (Å²) in [7, 11) is 3.40. The minimum atomic E-state index is -0.858. The predicted molar refractivity (Wildman–Crippen MR) is 137 cm³/mol. The maximum Gasteiger partial charge on any atom is 0.243 e. The molecule has 3 aromatic rings. The summed E-state index contributed by atoms with van der Waals surface area (Å²) in [5.74, 6) is 0.735. The quantitative estimate of drug-likeness (QED) is 0.525. The number of anilines is 1. The van der Waals surface area contributed by atoms with Crippen molar-refractivity contribution in [3.05, 3.63) is 35.8 Å². The fourth-order valence-electron chi connectivity index (χ4n) is 5.51. The van der Waals surface area contributed by atoms with Gasteiger partial charge in [-0.05, 0) is 38.7 Å². The fourth-order valence-corrected chi connectivity index (χ4v) is 5.51. The van der Waals surface area contributed by atoms with Gasteiger partial charge >= 0.3 is 0 Å². The Morgan fingerprint density at radius 3 is 2.59 bits per heavy atom.